The molecule has 0 saturated carbocycles. The van der Waals surface area contributed by atoms with Gasteiger partial charge in [-0.25, -0.2) is 9.38 Å². The Morgan fingerprint density at radius 2 is 1.87 bits per heavy atom. The number of halogens is 2. The molecule has 0 amide bonds. The number of hydrogen-bond acceptors (Lipinski definition) is 4. The van der Waals surface area contributed by atoms with Crippen LogP contribution in [0.25, 0.3) is 0 Å². The lowest BCUT2D eigenvalue weighted by molar-refractivity contribution is 0.0513. The largest absolute Gasteiger partial charge is 0.493 e. The van der Waals surface area contributed by atoms with Crippen LogP contribution in [-0.4, -0.2) is 39.9 Å². The van der Waals surface area contributed by atoms with E-state index in [-0.39, 0.29) is 35.2 Å². The number of benzene rings is 2. The fourth-order valence-electron chi connectivity index (χ4n) is 3.62. The fourth-order valence-corrected chi connectivity index (χ4v) is 3.62. The van der Waals surface area contributed by atoms with Crippen LogP contribution in [0.15, 0.2) is 47.5 Å². The predicted octanol–water partition coefficient (Wildman–Crippen LogP) is 3.61. The molecule has 0 bridgehead atoms. The molecule has 1 saturated heterocycles. The van der Waals surface area contributed by atoms with Gasteiger partial charge in [-0.1, -0.05) is 18.2 Å². The van der Waals surface area contributed by atoms with Gasteiger partial charge in [-0.05, 0) is 48.2 Å². The summed E-state index contributed by atoms with van der Waals surface area (Å²) in [5.74, 6) is 1.44. The summed E-state index contributed by atoms with van der Waals surface area (Å²) in [4.78, 5) is 4.43. The molecular formula is C22H29FIN3O3. The number of nitrogens with zero attached hydrogens (tertiary/aromatic N) is 1. The summed E-state index contributed by atoms with van der Waals surface area (Å²) in [5, 5.41) is 3.23. The van der Waals surface area contributed by atoms with Gasteiger partial charge in [0.15, 0.2) is 17.5 Å². The van der Waals surface area contributed by atoms with Gasteiger partial charge in [0.25, 0.3) is 0 Å². The van der Waals surface area contributed by atoms with Crippen molar-refractivity contribution in [3.05, 3.63) is 59.4 Å². The summed E-state index contributed by atoms with van der Waals surface area (Å²) >= 11 is 0. The molecular weight excluding hydrogens is 500 g/mol. The SMILES string of the molecule is COc1ccc(CN=C(N)NCC2(c3cccc(F)c3)CCOCC2)cc1OC.I. The summed E-state index contributed by atoms with van der Waals surface area (Å²) in [6.45, 7) is 2.26. The minimum absolute atomic E-state index is 0. The number of hydrogen-bond donors (Lipinski definition) is 2. The van der Waals surface area contributed by atoms with Crippen molar-refractivity contribution in [3.63, 3.8) is 0 Å². The van der Waals surface area contributed by atoms with E-state index in [2.05, 4.69) is 10.3 Å². The number of rotatable bonds is 7. The van der Waals surface area contributed by atoms with E-state index in [9.17, 15) is 4.39 Å². The smallest absolute Gasteiger partial charge is 0.188 e. The van der Waals surface area contributed by atoms with E-state index < -0.39 is 0 Å². The maximum absolute atomic E-state index is 13.8. The Labute approximate surface area is 194 Å². The molecule has 30 heavy (non-hydrogen) atoms. The molecule has 0 unspecified atom stereocenters. The molecule has 0 atom stereocenters. The van der Waals surface area contributed by atoms with E-state index in [0.717, 1.165) is 24.0 Å². The van der Waals surface area contributed by atoms with Crippen molar-refractivity contribution >= 4 is 29.9 Å². The van der Waals surface area contributed by atoms with Gasteiger partial charge in [-0.2, -0.15) is 0 Å². The minimum atomic E-state index is -0.233. The van der Waals surface area contributed by atoms with Gasteiger partial charge in [0.05, 0.1) is 20.8 Å². The summed E-state index contributed by atoms with van der Waals surface area (Å²) in [5.41, 5.74) is 7.79. The first-order valence-electron chi connectivity index (χ1n) is 9.65. The summed E-state index contributed by atoms with van der Waals surface area (Å²) in [6, 6.07) is 12.4. The Morgan fingerprint density at radius 3 is 2.53 bits per heavy atom. The van der Waals surface area contributed by atoms with E-state index in [1.54, 1.807) is 26.4 Å². The molecule has 0 spiro atoms. The molecule has 2 aromatic rings. The molecule has 2 aromatic carbocycles. The molecule has 0 aliphatic carbocycles. The zero-order valence-corrected chi connectivity index (χ0v) is 19.6. The molecule has 1 aliphatic rings. The van der Waals surface area contributed by atoms with Crippen molar-refractivity contribution < 1.29 is 18.6 Å². The number of nitrogens with one attached hydrogen (secondary N) is 1. The van der Waals surface area contributed by atoms with Crippen molar-refractivity contribution in [1.29, 1.82) is 0 Å². The van der Waals surface area contributed by atoms with Crippen molar-refractivity contribution in [1.82, 2.24) is 5.32 Å². The highest BCUT2D eigenvalue weighted by atomic mass is 127. The highest BCUT2D eigenvalue weighted by molar-refractivity contribution is 14.0. The van der Waals surface area contributed by atoms with Gasteiger partial charge < -0.3 is 25.3 Å². The van der Waals surface area contributed by atoms with Crippen LogP contribution in [0.1, 0.15) is 24.0 Å². The first-order valence-corrected chi connectivity index (χ1v) is 9.65. The Hall–Kier alpha value is -2.07. The lowest BCUT2D eigenvalue weighted by atomic mass is 9.74. The van der Waals surface area contributed by atoms with Crippen molar-refractivity contribution in [2.75, 3.05) is 34.0 Å². The van der Waals surface area contributed by atoms with Gasteiger partial charge in [-0.15, -0.1) is 24.0 Å². The highest BCUT2D eigenvalue weighted by Crippen LogP contribution is 2.34. The van der Waals surface area contributed by atoms with Crippen molar-refractivity contribution in [2.45, 2.75) is 24.8 Å². The first-order chi connectivity index (χ1) is 14.1. The zero-order valence-electron chi connectivity index (χ0n) is 17.3. The molecule has 3 N–H and O–H groups in total. The van der Waals surface area contributed by atoms with Gasteiger partial charge >= 0.3 is 0 Å². The molecule has 3 rings (SSSR count). The van der Waals surface area contributed by atoms with E-state index in [1.165, 1.54) is 6.07 Å². The monoisotopic (exact) mass is 529 g/mol. The summed E-state index contributed by atoms with van der Waals surface area (Å²) in [6.07, 6.45) is 1.60. The molecule has 0 aromatic heterocycles. The first kappa shape index (κ1) is 24.2. The van der Waals surface area contributed by atoms with E-state index >= 15 is 0 Å². The molecule has 8 heteroatoms. The van der Waals surface area contributed by atoms with Crippen LogP contribution in [0.5, 0.6) is 11.5 Å². The highest BCUT2D eigenvalue weighted by Gasteiger charge is 2.34. The average molecular weight is 529 g/mol. The number of methoxy groups -OCH3 is 2. The topological polar surface area (TPSA) is 78.1 Å². The maximum atomic E-state index is 13.8. The van der Waals surface area contributed by atoms with Crippen LogP contribution in [0.3, 0.4) is 0 Å². The van der Waals surface area contributed by atoms with Crippen molar-refractivity contribution in [3.8, 4) is 11.5 Å². The Morgan fingerprint density at radius 1 is 1.13 bits per heavy atom. The van der Waals surface area contributed by atoms with Crippen LogP contribution >= 0.6 is 24.0 Å². The molecule has 6 nitrogen and oxygen atoms in total. The third kappa shape index (κ3) is 5.98. The quantitative estimate of drug-likeness (QED) is 0.326. The second-order valence-corrected chi connectivity index (χ2v) is 7.15. The lowest BCUT2D eigenvalue weighted by Gasteiger charge is -2.38. The van der Waals surface area contributed by atoms with E-state index in [0.29, 0.717) is 43.8 Å². The molecule has 164 valence electrons. The fraction of sp³-hybridized carbons (Fsp3) is 0.409. The van der Waals surface area contributed by atoms with Crippen LogP contribution in [0.4, 0.5) is 4.39 Å². The second-order valence-electron chi connectivity index (χ2n) is 7.15. The Kier molecular flexibility index (Phi) is 9.16. The van der Waals surface area contributed by atoms with Gasteiger partial charge in [0.2, 0.25) is 0 Å². The third-order valence-corrected chi connectivity index (χ3v) is 5.37. The lowest BCUT2D eigenvalue weighted by Crippen LogP contribution is -2.46. The molecule has 1 aliphatic heterocycles. The van der Waals surface area contributed by atoms with E-state index in [1.807, 2.05) is 24.3 Å². The standard InChI is InChI=1S/C22H28FN3O3.HI/c1-27-19-7-6-16(12-20(19)28-2)14-25-21(24)26-15-22(8-10-29-11-9-22)17-4-3-5-18(23)13-17;/h3-7,12-13H,8-11,14-15H2,1-2H3,(H3,24,25,26);1H. The summed E-state index contributed by atoms with van der Waals surface area (Å²) in [7, 11) is 3.20. The maximum Gasteiger partial charge on any atom is 0.188 e. The predicted molar refractivity (Wildman–Crippen MR) is 126 cm³/mol. The van der Waals surface area contributed by atoms with Gasteiger partial charge in [-0.3, -0.25) is 0 Å². The van der Waals surface area contributed by atoms with Gasteiger partial charge in [0.1, 0.15) is 5.82 Å². The van der Waals surface area contributed by atoms with Crippen LogP contribution in [0, 0.1) is 5.82 Å². The van der Waals surface area contributed by atoms with Crippen molar-refractivity contribution in [2.24, 2.45) is 10.7 Å². The van der Waals surface area contributed by atoms with Crippen LogP contribution < -0.4 is 20.5 Å². The average Bonchev–Trinajstić information content (AvgIpc) is 2.76. The molecule has 0 radical (unpaired) electrons. The normalized spacial score (nSPS) is 15.8. The number of aliphatic imine (C=N–C) groups is 1. The summed E-state index contributed by atoms with van der Waals surface area (Å²) < 4.78 is 29.9. The molecule has 1 fully saturated rings. The number of guanidine groups is 1. The second kappa shape index (κ2) is 11.4. The number of nitrogens with two attached hydrogens (primary N) is 1. The Bertz CT molecular complexity index is 857. The number of ether oxygens (including phenoxy) is 3. The zero-order chi connectivity index (χ0) is 20.7. The molecule has 1 heterocycles. The van der Waals surface area contributed by atoms with Crippen LogP contribution in [0.2, 0.25) is 0 Å². The third-order valence-electron chi connectivity index (χ3n) is 5.37. The van der Waals surface area contributed by atoms with Crippen LogP contribution in [-0.2, 0) is 16.7 Å². The van der Waals surface area contributed by atoms with E-state index in [4.69, 9.17) is 19.9 Å². The van der Waals surface area contributed by atoms with Gasteiger partial charge in [0, 0.05) is 25.2 Å². The Balaban J connectivity index is 0.00000320. The minimum Gasteiger partial charge on any atom is -0.493 e.